The molecule has 23 heavy (non-hydrogen) atoms. The third kappa shape index (κ3) is 3.06. The molecule has 0 radical (unpaired) electrons. The van der Waals surface area contributed by atoms with Crippen LogP contribution in [-0.2, 0) is 0 Å². The highest BCUT2D eigenvalue weighted by Crippen LogP contribution is 2.30. The predicted molar refractivity (Wildman–Crippen MR) is 79.4 cm³/mol. The molecule has 0 unspecified atom stereocenters. The van der Waals surface area contributed by atoms with E-state index < -0.39 is 23.1 Å². The summed E-state index contributed by atoms with van der Waals surface area (Å²) < 4.78 is 32.4. The lowest BCUT2D eigenvalue weighted by Gasteiger charge is -2.08. The lowest BCUT2D eigenvalue weighted by Crippen LogP contribution is -1.92. The molecule has 116 valence electrons. The van der Waals surface area contributed by atoms with E-state index in [1.54, 1.807) is 12.1 Å². The molecule has 0 saturated carbocycles. The summed E-state index contributed by atoms with van der Waals surface area (Å²) >= 11 is 0. The Morgan fingerprint density at radius 1 is 0.870 bits per heavy atom. The molecule has 0 aliphatic carbocycles. The van der Waals surface area contributed by atoms with Crippen molar-refractivity contribution in [1.82, 2.24) is 4.98 Å². The number of aromatic nitrogens is 1. The van der Waals surface area contributed by atoms with Gasteiger partial charge in [0.25, 0.3) is 0 Å². The van der Waals surface area contributed by atoms with Gasteiger partial charge in [-0.1, -0.05) is 12.1 Å². The summed E-state index contributed by atoms with van der Waals surface area (Å²) in [5.41, 5.74) is 0.389. The van der Waals surface area contributed by atoms with Gasteiger partial charge in [-0.3, -0.25) is 0 Å². The van der Waals surface area contributed by atoms with Crippen molar-refractivity contribution in [3.8, 4) is 34.4 Å². The fraction of sp³-hybridized carbons (Fsp3) is 0. The van der Waals surface area contributed by atoms with Crippen molar-refractivity contribution >= 4 is 0 Å². The number of hydrogen-bond donors (Lipinski definition) is 2. The Hall–Kier alpha value is -3.15. The fourth-order valence-electron chi connectivity index (χ4n) is 2.02. The number of benzene rings is 2. The van der Waals surface area contributed by atoms with Gasteiger partial charge < -0.3 is 14.9 Å². The Morgan fingerprint density at radius 2 is 1.65 bits per heavy atom. The largest absolute Gasteiger partial charge is 0.505 e. The third-order valence-corrected chi connectivity index (χ3v) is 3.12. The summed E-state index contributed by atoms with van der Waals surface area (Å²) in [5.74, 6) is -2.24. The average molecular weight is 315 g/mol. The molecule has 4 nitrogen and oxygen atoms in total. The second-order valence-electron chi connectivity index (χ2n) is 4.72. The van der Waals surface area contributed by atoms with Crippen LogP contribution in [0, 0.1) is 11.6 Å². The molecular weight excluding hydrogens is 304 g/mol. The second kappa shape index (κ2) is 5.92. The number of rotatable bonds is 3. The molecule has 2 N–H and O–H groups in total. The van der Waals surface area contributed by atoms with Crippen LogP contribution in [0.4, 0.5) is 8.78 Å². The van der Waals surface area contributed by atoms with E-state index in [1.807, 2.05) is 0 Å². The minimum atomic E-state index is -0.781. The average Bonchev–Trinajstić information content (AvgIpc) is 2.54. The van der Waals surface area contributed by atoms with Gasteiger partial charge >= 0.3 is 0 Å². The highest BCUT2D eigenvalue weighted by Gasteiger charge is 2.11. The Kier molecular flexibility index (Phi) is 3.80. The van der Waals surface area contributed by atoms with Crippen LogP contribution in [0.3, 0.4) is 0 Å². The summed E-state index contributed by atoms with van der Waals surface area (Å²) in [4.78, 5) is 4.14. The van der Waals surface area contributed by atoms with Crippen LogP contribution in [0.15, 0.2) is 54.6 Å². The molecule has 6 heteroatoms. The third-order valence-electron chi connectivity index (χ3n) is 3.12. The SMILES string of the molecule is Oc1cc(Oc2cccc(-c3cccc(O)c3F)n2)ccc1F. The van der Waals surface area contributed by atoms with Gasteiger partial charge in [0.05, 0.1) is 5.69 Å². The molecule has 0 atom stereocenters. The molecule has 1 aromatic heterocycles. The minimum Gasteiger partial charge on any atom is -0.505 e. The van der Waals surface area contributed by atoms with Crippen molar-refractivity contribution in [3.05, 3.63) is 66.2 Å². The molecule has 0 aliphatic rings. The van der Waals surface area contributed by atoms with Crippen molar-refractivity contribution in [2.45, 2.75) is 0 Å². The van der Waals surface area contributed by atoms with Gasteiger partial charge in [0.15, 0.2) is 23.1 Å². The number of hydrogen-bond acceptors (Lipinski definition) is 4. The van der Waals surface area contributed by atoms with E-state index in [9.17, 15) is 19.0 Å². The Balaban J connectivity index is 1.93. The second-order valence-corrected chi connectivity index (χ2v) is 4.72. The fourth-order valence-corrected chi connectivity index (χ4v) is 2.02. The van der Waals surface area contributed by atoms with Crippen LogP contribution in [0.1, 0.15) is 0 Å². The van der Waals surface area contributed by atoms with Gasteiger partial charge in [-0.05, 0) is 30.3 Å². The molecule has 0 spiro atoms. The number of ether oxygens (including phenoxy) is 1. The first-order valence-electron chi connectivity index (χ1n) is 6.66. The first-order valence-corrected chi connectivity index (χ1v) is 6.66. The number of aromatic hydroxyl groups is 2. The highest BCUT2D eigenvalue weighted by molar-refractivity contribution is 5.62. The maximum absolute atomic E-state index is 13.9. The number of pyridine rings is 1. The summed E-state index contributed by atoms with van der Waals surface area (Å²) in [6.07, 6.45) is 0. The van der Waals surface area contributed by atoms with Crippen LogP contribution in [-0.4, -0.2) is 15.2 Å². The minimum absolute atomic E-state index is 0.123. The van der Waals surface area contributed by atoms with Crippen molar-refractivity contribution in [2.75, 3.05) is 0 Å². The van der Waals surface area contributed by atoms with Gasteiger partial charge in [-0.2, -0.15) is 0 Å². The summed E-state index contributed by atoms with van der Waals surface area (Å²) in [6.45, 7) is 0. The van der Waals surface area contributed by atoms with Gasteiger partial charge in [0.2, 0.25) is 5.88 Å². The Labute approximate surface area is 130 Å². The number of nitrogens with zero attached hydrogens (tertiary/aromatic N) is 1. The van der Waals surface area contributed by atoms with Crippen LogP contribution < -0.4 is 4.74 Å². The van der Waals surface area contributed by atoms with Crippen LogP contribution >= 0.6 is 0 Å². The van der Waals surface area contributed by atoms with E-state index in [0.29, 0.717) is 0 Å². The molecule has 0 saturated heterocycles. The number of phenols is 2. The number of halogens is 2. The normalized spacial score (nSPS) is 10.5. The smallest absolute Gasteiger partial charge is 0.219 e. The van der Waals surface area contributed by atoms with Crippen LogP contribution in [0.5, 0.6) is 23.1 Å². The van der Waals surface area contributed by atoms with Crippen molar-refractivity contribution in [2.24, 2.45) is 0 Å². The van der Waals surface area contributed by atoms with E-state index in [-0.39, 0.29) is 22.9 Å². The van der Waals surface area contributed by atoms with Crippen molar-refractivity contribution in [1.29, 1.82) is 0 Å². The maximum atomic E-state index is 13.9. The predicted octanol–water partition coefficient (Wildman–Crippen LogP) is 4.23. The van der Waals surface area contributed by atoms with Crippen molar-refractivity contribution in [3.63, 3.8) is 0 Å². The standard InChI is InChI=1S/C17H11F2NO3/c18-12-8-7-10(9-15(12)22)23-16-6-2-4-13(20-16)11-3-1-5-14(21)17(11)19/h1-9,21-22H. The topological polar surface area (TPSA) is 62.6 Å². The Morgan fingerprint density at radius 3 is 2.43 bits per heavy atom. The highest BCUT2D eigenvalue weighted by atomic mass is 19.1. The van der Waals surface area contributed by atoms with Gasteiger partial charge in [-0.25, -0.2) is 13.8 Å². The Bertz CT molecular complexity index is 868. The van der Waals surface area contributed by atoms with E-state index in [2.05, 4.69) is 4.98 Å². The monoisotopic (exact) mass is 315 g/mol. The van der Waals surface area contributed by atoms with Crippen LogP contribution in [0.25, 0.3) is 11.3 Å². The number of phenolic OH excluding ortho intramolecular Hbond substituents is 2. The lowest BCUT2D eigenvalue weighted by molar-refractivity contribution is 0.418. The van der Waals surface area contributed by atoms with Crippen molar-refractivity contribution < 1.29 is 23.7 Å². The molecule has 0 amide bonds. The molecule has 0 fully saturated rings. The quantitative estimate of drug-likeness (QED) is 0.759. The van der Waals surface area contributed by atoms with Gasteiger partial charge in [0.1, 0.15) is 5.75 Å². The van der Waals surface area contributed by atoms with E-state index in [1.165, 1.54) is 30.3 Å². The molecule has 3 rings (SSSR count). The zero-order valence-electron chi connectivity index (χ0n) is 11.7. The van der Waals surface area contributed by atoms with Gasteiger partial charge in [0, 0.05) is 17.7 Å². The first kappa shape index (κ1) is 14.8. The maximum Gasteiger partial charge on any atom is 0.219 e. The van der Waals surface area contributed by atoms with E-state index in [4.69, 9.17) is 4.74 Å². The molecule has 2 aromatic carbocycles. The molecule has 1 heterocycles. The zero-order valence-corrected chi connectivity index (χ0v) is 11.7. The molecular formula is C17H11F2NO3. The zero-order chi connectivity index (χ0) is 16.4. The van der Waals surface area contributed by atoms with Crippen LogP contribution in [0.2, 0.25) is 0 Å². The van der Waals surface area contributed by atoms with Gasteiger partial charge in [-0.15, -0.1) is 0 Å². The first-order chi connectivity index (χ1) is 11.0. The summed E-state index contributed by atoms with van der Waals surface area (Å²) in [7, 11) is 0. The lowest BCUT2D eigenvalue weighted by atomic mass is 10.1. The summed E-state index contributed by atoms with van der Waals surface area (Å²) in [6, 6.07) is 12.4. The van der Waals surface area contributed by atoms with E-state index >= 15 is 0 Å². The molecule has 0 bridgehead atoms. The van der Waals surface area contributed by atoms with E-state index in [0.717, 1.165) is 12.1 Å². The molecule has 3 aromatic rings. The summed E-state index contributed by atoms with van der Waals surface area (Å²) in [5, 5.41) is 18.7. The molecule has 0 aliphatic heterocycles.